The van der Waals surface area contributed by atoms with E-state index in [0.717, 1.165) is 48.2 Å². The first-order valence-electron chi connectivity index (χ1n) is 6.63. The Hall–Kier alpha value is -0.940. The number of nitrogens with one attached hydrogen (secondary N) is 1. The molecule has 0 bridgehead atoms. The lowest BCUT2D eigenvalue weighted by Gasteiger charge is -2.27. The van der Waals surface area contributed by atoms with Crippen LogP contribution in [-0.4, -0.2) is 42.0 Å². The maximum absolute atomic E-state index is 12.5. The van der Waals surface area contributed by atoms with Crippen molar-refractivity contribution in [2.75, 3.05) is 26.2 Å². The van der Waals surface area contributed by atoms with E-state index >= 15 is 0 Å². The highest BCUT2D eigenvalue weighted by Gasteiger charge is 2.25. The van der Waals surface area contributed by atoms with E-state index in [-0.39, 0.29) is 5.91 Å². The van der Waals surface area contributed by atoms with E-state index < -0.39 is 0 Å². The summed E-state index contributed by atoms with van der Waals surface area (Å²) in [5.41, 5.74) is 0.973. The summed E-state index contributed by atoms with van der Waals surface area (Å²) in [4.78, 5) is 19.9. The molecule has 1 N–H and O–H groups in total. The van der Waals surface area contributed by atoms with Crippen LogP contribution in [0.2, 0.25) is 0 Å². The average Bonchev–Trinajstić information content (AvgIpc) is 2.83. The minimum Gasteiger partial charge on any atom is -0.335 e. The summed E-state index contributed by atoms with van der Waals surface area (Å²) in [6.07, 6.45) is 0.902. The molecule has 2 rings (SSSR count). The zero-order chi connectivity index (χ0) is 13.1. The van der Waals surface area contributed by atoms with Crippen molar-refractivity contribution in [1.29, 1.82) is 0 Å². The summed E-state index contributed by atoms with van der Waals surface area (Å²) in [5.74, 6) is 0.473. The smallest absolute Gasteiger partial charge is 0.265 e. The van der Waals surface area contributed by atoms with E-state index in [9.17, 15) is 4.79 Å². The van der Waals surface area contributed by atoms with Crippen molar-refractivity contribution >= 4 is 17.2 Å². The van der Waals surface area contributed by atoms with E-state index in [2.05, 4.69) is 31.1 Å². The summed E-state index contributed by atoms with van der Waals surface area (Å²) in [6, 6.07) is 0. The molecular weight excluding hydrogens is 246 g/mol. The fourth-order valence-corrected chi connectivity index (χ4v) is 3.21. The van der Waals surface area contributed by atoms with Gasteiger partial charge >= 0.3 is 0 Å². The third-order valence-corrected chi connectivity index (χ3v) is 4.35. The highest BCUT2D eigenvalue weighted by Crippen LogP contribution is 2.27. The minimum atomic E-state index is 0.164. The van der Waals surface area contributed by atoms with Crippen molar-refractivity contribution in [3.63, 3.8) is 0 Å². The van der Waals surface area contributed by atoms with Gasteiger partial charge in [-0.1, -0.05) is 20.8 Å². The van der Waals surface area contributed by atoms with Crippen LogP contribution >= 0.6 is 11.3 Å². The highest BCUT2D eigenvalue weighted by atomic mass is 32.1. The summed E-state index contributed by atoms with van der Waals surface area (Å²) >= 11 is 1.57. The Morgan fingerprint density at radius 3 is 2.67 bits per heavy atom. The number of hydrogen-bond acceptors (Lipinski definition) is 4. The second-order valence-electron chi connectivity index (χ2n) is 4.87. The number of carbonyl (C=O) groups excluding carboxylic acids is 1. The van der Waals surface area contributed by atoms with Gasteiger partial charge in [-0.15, -0.1) is 11.3 Å². The van der Waals surface area contributed by atoms with Gasteiger partial charge in [-0.05, 0) is 12.3 Å². The van der Waals surface area contributed by atoms with Crippen LogP contribution in [0.4, 0.5) is 0 Å². The van der Waals surface area contributed by atoms with E-state index in [1.807, 2.05) is 4.90 Å². The first kappa shape index (κ1) is 13.5. The van der Waals surface area contributed by atoms with Crippen LogP contribution in [0.5, 0.6) is 0 Å². The van der Waals surface area contributed by atoms with E-state index in [1.165, 1.54) is 0 Å². The van der Waals surface area contributed by atoms with Crippen molar-refractivity contribution < 1.29 is 4.79 Å². The molecule has 4 nitrogen and oxygen atoms in total. The van der Waals surface area contributed by atoms with Crippen molar-refractivity contribution in [1.82, 2.24) is 15.2 Å². The number of aryl methyl sites for hydroxylation is 1. The maximum atomic E-state index is 12.5. The van der Waals surface area contributed by atoms with Crippen LogP contribution in [0.1, 0.15) is 47.1 Å². The quantitative estimate of drug-likeness (QED) is 0.909. The molecule has 1 aromatic rings. The molecular formula is C13H21N3OS. The summed E-state index contributed by atoms with van der Waals surface area (Å²) in [5, 5.41) is 4.34. The number of nitrogens with zero attached hydrogens (tertiary/aromatic N) is 2. The summed E-state index contributed by atoms with van der Waals surface area (Å²) in [7, 11) is 0. The molecule has 1 aliphatic heterocycles. The van der Waals surface area contributed by atoms with Crippen LogP contribution in [0.15, 0.2) is 0 Å². The van der Waals surface area contributed by atoms with E-state index in [4.69, 9.17) is 0 Å². The van der Waals surface area contributed by atoms with Crippen molar-refractivity contribution in [3.8, 4) is 0 Å². The summed E-state index contributed by atoms with van der Waals surface area (Å²) < 4.78 is 0. The number of rotatable bonds is 3. The van der Waals surface area contributed by atoms with Crippen LogP contribution in [-0.2, 0) is 6.42 Å². The molecule has 0 saturated carbocycles. The van der Waals surface area contributed by atoms with Gasteiger partial charge in [0.1, 0.15) is 4.88 Å². The number of thiazole rings is 1. The molecule has 1 aliphatic rings. The van der Waals surface area contributed by atoms with Gasteiger partial charge in [0.25, 0.3) is 5.91 Å². The molecule has 0 unspecified atom stereocenters. The molecule has 0 aliphatic carbocycles. The van der Waals surface area contributed by atoms with Crippen molar-refractivity contribution in [2.45, 2.75) is 33.1 Å². The molecule has 0 aromatic carbocycles. The van der Waals surface area contributed by atoms with Crippen LogP contribution < -0.4 is 5.32 Å². The summed E-state index contributed by atoms with van der Waals surface area (Å²) in [6.45, 7) is 9.67. The lowest BCUT2D eigenvalue weighted by Crippen LogP contribution is -2.46. The second-order valence-corrected chi connectivity index (χ2v) is 5.96. The van der Waals surface area contributed by atoms with Gasteiger partial charge < -0.3 is 10.2 Å². The fourth-order valence-electron chi connectivity index (χ4n) is 2.09. The van der Waals surface area contributed by atoms with Gasteiger partial charge in [0, 0.05) is 26.2 Å². The number of amides is 1. The van der Waals surface area contributed by atoms with Crippen LogP contribution in [0, 0.1) is 0 Å². The Morgan fingerprint density at radius 1 is 1.44 bits per heavy atom. The number of piperazine rings is 1. The Labute approximate surface area is 112 Å². The minimum absolute atomic E-state index is 0.164. The first-order valence-corrected chi connectivity index (χ1v) is 7.44. The third kappa shape index (κ3) is 2.72. The molecule has 1 aromatic heterocycles. The lowest BCUT2D eigenvalue weighted by molar-refractivity contribution is 0.0739. The number of aromatic nitrogens is 1. The highest BCUT2D eigenvalue weighted by molar-refractivity contribution is 7.13. The van der Waals surface area contributed by atoms with Gasteiger partial charge in [-0.2, -0.15) is 0 Å². The monoisotopic (exact) mass is 267 g/mol. The number of hydrogen-bond donors (Lipinski definition) is 1. The van der Waals surface area contributed by atoms with Gasteiger partial charge in [0.15, 0.2) is 0 Å². The molecule has 2 heterocycles. The molecule has 1 amide bonds. The average molecular weight is 267 g/mol. The van der Waals surface area contributed by atoms with Gasteiger partial charge in [-0.3, -0.25) is 4.79 Å². The van der Waals surface area contributed by atoms with Gasteiger partial charge in [0.05, 0.1) is 10.7 Å². The molecule has 0 spiro atoms. The topological polar surface area (TPSA) is 45.2 Å². The van der Waals surface area contributed by atoms with Crippen LogP contribution in [0.25, 0.3) is 0 Å². The Morgan fingerprint density at radius 2 is 2.11 bits per heavy atom. The zero-order valence-electron chi connectivity index (χ0n) is 11.3. The molecule has 18 heavy (non-hydrogen) atoms. The molecule has 1 fully saturated rings. The van der Waals surface area contributed by atoms with E-state index in [1.54, 1.807) is 11.3 Å². The maximum Gasteiger partial charge on any atom is 0.265 e. The molecule has 0 atom stereocenters. The zero-order valence-corrected chi connectivity index (χ0v) is 12.1. The molecule has 0 radical (unpaired) electrons. The van der Waals surface area contributed by atoms with Crippen LogP contribution in [0.3, 0.4) is 0 Å². The standard InChI is InChI=1S/C13H21N3OS/c1-4-10-15-11(9(2)3)12(18-10)13(17)16-7-5-14-6-8-16/h9,14H,4-8H2,1-3H3. The van der Waals surface area contributed by atoms with E-state index in [0.29, 0.717) is 5.92 Å². The first-order chi connectivity index (χ1) is 8.63. The Balaban J connectivity index is 2.25. The fraction of sp³-hybridized carbons (Fsp3) is 0.692. The van der Waals surface area contributed by atoms with Gasteiger partial charge in [0.2, 0.25) is 0 Å². The predicted molar refractivity (Wildman–Crippen MR) is 74.4 cm³/mol. The SMILES string of the molecule is CCc1nc(C(C)C)c(C(=O)N2CCNCC2)s1. The normalized spacial score (nSPS) is 16.3. The second kappa shape index (κ2) is 5.80. The molecule has 1 saturated heterocycles. The lowest BCUT2D eigenvalue weighted by atomic mass is 10.1. The van der Waals surface area contributed by atoms with Crippen molar-refractivity contribution in [2.24, 2.45) is 0 Å². The molecule has 100 valence electrons. The van der Waals surface area contributed by atoms with Crippen molar-refractivity contribution in [3.05, 3.63) is 15.6 Å². The molecule has 5 heteroatoms. The third-order valence-electron chi connectivity index (χ3n) is 3.15. The predicted octanol–water partition coefficient (Wildman–Crippen LogP) is 1.87. The Kier molecular flexibility index (Phi) is 4.35. The number of carbonyl (C=O) groups is 1. The largest absolute Gasteiger partial charge is 0.335 e. The van der Waals surface area contributed by atoms with Gasteiger partial charge in [-0.25, -0.2) is 4.98 Å². The Bertz CT molecular complexity index is 422.